The number of nitrogens with one attached hydrogen (secondary N) is 3. The number of hydrogen-bond acceptors (Lipinski definition) is 7. The number of carbonyl (C=O) groups is 2. The maximum absolute atomic E-state index is 12.5. The molecule has 152 valence electrons. The molecule has 9 nitrogen and oxygen atoms in total. The van der Waals surface area contributed by atoms with Gasteiger partial charge in [0, 0.05) is 27.2 Å². The van der Waals surface area contributed by atoms with Gasteiger partial charge in [0.15, 0.2) is 16.1 Å². The van der Waals surface area contributed by atoms with Crippen molar-refractivity contribution >= 4 is 39.9 Å². The number of methoxy groups -OCH3 is 1. The van der Waals surface area contributed by atoms with E-state index in [1.54, 1.807) is 20.4 Å². The quantitative estimate of drug-likeness (QED) is 0.644. The number of aromatic amines is 1. The molecule has 1 saturated heterocycles. The Hall–Kier alpha value is -2.17. The summed E-state index contributed by atoms with van der Waals surface area (Å²) in [6.07, 6.45) is 2.69. The molecule has 0 bridgehead atoms. The largest absolute Gasteiger partial charge is 0.377 e. The third-order valence-corrected chi connectivity index (χ3v) is 6.06. The third kappa shape index (κ3) is 4.29. The average molecular weight is 427 g/mol. The van der Waals surface area contributed by atoms with Gasteiger partial charge >= 0.3 is 0 Å². The molecule has 0 spiro atoms. The van der Waals surface area contributed by atoms with E-state index < -0.39 is 0 Å². The van der Waals surface area contributed by atoms with Gasteiger partial charge in [-0.25, -0.2) is 9.97 Å². The fourth-order valence-electron chi connectivity index (χ4n) is 3.10. The number of ether oxygens (including phenoxy) is 1. The summed E-state index contributed by atoms with van der Waals surface area (Å²) in [4.78, 5) is 38.3. The molecule has 1 fully saturated rings. The van der Waals surface area contributed by atoms with Crippen LogP contribution in [0.3, 0.4) is 0 Å². The Morgan fingerprint density at radius 3 is 2.89 bits per heavy atom. The first-order valence-electron chi connectivity index (χ1n) is 8.97. The number of aryl methyl sites for hydroxylation is 1. The molecular formula is C17H23ClN6O3S. The molecule has 1 unspecified atom stereocenters. The van der Waals surface area contributed by atoms with Gasteiger partial charge in [-0.15, -0.1) is 0 Å². The second-order valence-electron chi connectivity index (χ2n) is 6.38. The number of amides is 2. The van der Waals surface area contributed by atoms with Crippen LogP contribution in [-0.2, 0) is 11.2 Å². The molecule has 2 aromatic heterocycles. The number of piperidine rings is 1. The summed E-state index contributed by atoms with van der Waals surface area (Å²) in [6.45, 7) is 3.18. The van der Waals surface area contributed by atoms with Gasteiger partial charge in [0.1, 0.15) is 4.88 Å². The third-order valence-electron chi connectivity index (χ3n) is 4.69. The van der Waals surface area contributed by atoms with Gasteiger partial charge in [-0.1, -0.05) is 29.9 Å². The topological polar surface area (TPSA) is 112 Å². The highest BCUT2D eigenvalue weighted by Gasteiger charge is 2.32. The van der Waals surface area contributed by atoms with Crippen molar-refractivity contribution in [3.05, 3.63) is 27.7 Å². The average Bonchev–Trinajstić information content (AvgIpc) is 3.34. The second kappa shape index (κ2) is 8.89. The summed E-state index contributed by atoms with van der Waals surface area (Å²) in [6, 6.07) is -0.166. The van der Waals surface area contributed by atoms with E-state index in [1.807, 2.05) is 6.92 Å². The Morgan fingerprint density at radius 1 is 1.46 bits per heavy atom. The molecule has 0 aromatic carbocycles. The van der Waals surface area contributed by atoms with Crippen molar-refractivity contribution < 1.29 is 14.3 Å². The minimum Gasteiger partial charge on any atom is -0.377 e. The molecule has 3 N–H and O–H groups in total. The zero-order chi connectivity index (χ0) is 20.3. The van der Waals surface area contributed by atoms with E-state index in [4.69, 9.17) is 16.3 Å². The number of thiazole rings is 1. The lowest BCUT2D eigenvalue weighted by Gasteiger charge is -2.37. The first kappa shape index (κ1) is 20.6. The Labute approximate surface area is 171 Å². The van der Waals surface area contributed by atoms with Crippen LogP contribution in [0.25, 0.3) is 0 Å². The lowest BCUT2D eigenvalue weighted by Crippen LogP contribution is -2.55. The molecule has 1 aliphatic rings. The highest BCUT2D eigenvalue weighted by atomic mass is 35.5. The number of H-pyrrole nitrogens is 1. The van der Waals surface area contributed by atoms with E-state index in [0.717, 1.165) is 10.8 Å². The fraction of sp³-hybridized carbons (Fsp3) is 0.529. The normalized spacial score (nSPS) is 19.5. The lowest BCUT2D eigenvalue weighted by atomic mass is 10.0. The van der Waals surface area contributed by atoms with Crippen LogP contribution in [-0.4, -0.2) is 66.2 Å². The number of carbonyl (C=O) groups excluding carboxylic acids is 2. The number of halogens is 1. The zero-order valence-corrected chi connectivity index (χ0v) is 17.5. The molecular weight excluding hydrogens is 404 g/mol. The van der Waals surface area contributed by atoms with Gasteiger partial charge in [0.2, 0.25) is 0 Å². The number of aromatic nitrogens is 3. The zero-order valence-electron chi connectivity index (χ0n) is 15.9. The molecule has 2 amide bonds. The van der Waals surface area contributed by atoms with Crippen molar-refractivity contribution in [2.45, 2.75) is 31.9 Å². The number of rotatable bonds is 6. The van der Waals surface area contributed by atoms with Crippen LogP contribution in [0.5, 0.6) is 0 Å². The molecule has 2 atom stereocenters. The lowest BCUT2D eigenvalue weighted by molar-refractivity contribution is 0.0538. The smallest absolute Gasteiger partial charge is 0.287 e. The van der Waals surface area contributed by atoms with Crippen molar-refractivity contribution in [3.63, 3.8) is 0 Å². The molecule has 3 rings (SSSR count). The fourth-order valence-corrected chi connectivity index (χ4v) is 4.26. The summed E-state index contributed by atoms with van der Waals surface area (Å²) < 4.78 is 5.60. The Bertz CT molecular complexity index is 854. The molecule has 1 aliphatic heterocycles. The standard InChI is InChI=1S/C17H23ClN6O3S/c1-4-9-13(18)23-14(21-9)16(26)22-10-5-6-24(8-11(10)27-3)17-20-7-12(28-17)15(25)19-2/h7,10-11H,4-6,8H2,1-3H3,(H,19,25)(H,21,23)(H,22,26)/t10?,11-/m0/s1. The molecule has 28 heavy (non-hydrogen) atoms. The van der Waals surface area contributed by atoms with Crippen LogP contribution in [0.15, 0.2) is 6.20 Å². The van der Waals surface area contributed by atoms with E-state index in [1.165, 1.54) is 11.3 Å². The Kier molecular flexibility index (Phi) is 6.53. The Balaban J connectivity index is 1.64. The summed E-state index contributed by atoms with van der Waals surface area (Å²) in [7, 11) is 3.20. The summed E-state index contributed by atoms with van der Waals surface area (Å²) >= 11 is 7.36. The van der Waals surface area contributed by atoms with Crippen molar-refractivity contribution in [2.75, 3.05) is 32.1 Å². The minimum absolute atomic E-state index is 0.155. The van der Waals surface area contributed by atoms with Gasteiger partial charge in [0.05, 0.1) is 24.0 Å². The predicted octanol–water partition coefficient (Wildman–Crippen LogP) is 1.47. The summed E-state index contributed by atoms with van der Waals surface area (Å²) in [5.74, 6) is -0.259. The second-order valence-corrected chi connectivity index (χ2v) is 7.75. The van der Waals surface area contributed by atoms with Crippen molar-refractivity contribution in [1.82, 2.24) is 25.6 Å². The summed E-state index contributed by atoms with van der Waals surface area (Å²) in [5.41, 5.74) is 0.737. The van der Waals surface area contributed by atoms with Crippen molar-refractivity contribution in [2.24, 2.45) is 0 Å². The highest BCUT2D eigenvalue weighted by Crippen LogP contribution is 2.26. The van der Waals surface area contributed by atoms with Gasteiger partial charge in [-0.05, 0) is 12.8 Å². The van der Waals surface area contributed by atoms with Gasteiger partial charge < -0.3 is 25.3 Å². The molecule has 3 heterocycles. The molecule has 11 heteroatoms. The van der Waals surface area contributed by atoms with Crippen LogP contribution < -0.4 is 15.5 Å². The summed E-state index contributed by atoms with van der Waals surface area (Å²) in [5, 5.41) is 6.66. The molecule has 0 aliphatic carbocycles. The number of imidazole rings is 1. The minimum atomic E-state index is -0.307. The number of anilines is 1. The number of hydrogen-bond donors (Lipinski definition) is 3. The van der Waals surface area contributed by atoms with Crippen LogP contribution in [0.1, 0.15) is 39.3 Å². The molecule has 0 saturated carbocycles. The predicted molar refractivity (Wildman–Crippen MR) is 107 cm³/mol. The van der Waals surface area contributed by atoms with E-state index in [9.17, 15) is 9.59 Å². The van der Waals surface area contributed by atoms with E-state index in [2.05, 4.69) is 30.5 Å². The maximum atomic E-state index is 12.5. The SMILES string of the molecule is CCc1[nH]c(C(=O)NC2CCN(c3ncc(C(=O)NC)s3)C[C@@H]2OC)nc1Cl. The van der Waals surface area contributed by atoms with Crippen LogP contribution >= 0.6 is 22.9 Å². The van der Waals surface area contributed by atoms with E-state index in [-0.39, 0.29) is 29.8 Å². The van der Waals surface area contributed by atoms with Crippen LogP contribution in [0.2, 0.25) is 5.15 Å². The van der Waals surface area contributed by atoms with E-state index in [0.29, 0.717) is 36.0 Å². The van der Waals surface area contributed by atoms with Crippen LogP contribution in [0.4, 0.5) is 5.13 Å². The monoisotopic (exact) mass is 426 g/mol. The van der Waals surface area contributed by atoms with Crippen molar-refractivity contribution in [1.29, 1.82) is 0 Å². The van der Waals surface area contributed by atoms with Crippen molar-refractivity contribution in [3.8, 4) is 0 Å². The van der Waals surface area contributed by atoms with Crippen LogP contribution in [0, 0.1) is 0 Å². The van der Waals surface area contributed by atoms with E-state index >= 15 is 0 Å². The van der Waals surface area contributed by atoms with Gasteiger partial charge in [-0.2, -0.15) is 0 Å². The number of nitrogens with zero attached hydrogens (tertiary/aromatic N) is 3. The highest BCUT2D eigenvalue weighted by molar-refractivity contribution is 7.17. The Morgan fingerprint density at radius 2 is 2.25 bits per heavy atom. The molecule has 0 radical (unpaired) electrons. The first-order valence-corrected chi connectivity index (χ1v) is 10.2. The maximum Gasteiger partial charge on any atom is 0.287 e. The first-order chi connectivity index (χ1) is 13.5. The van der Waals surface area contributed by atoms with Gasteiger partial charge in [0.25, 0.3) is 11.8 Å². The van der Waals surface area contributed by atoms with Gasteiger partial charge in [-0.3, -0.25) is 9.59 Å². The molecule has 2 aromatic rings.